The fourth-order valence-electron chi connectivity index (χ4n) is 1.27. The monoisotopic (exact) mass is 214 g/mol. The van der Waals surface area contributed by atoms with Crippen molar-refractivity contribution in [3.63, 3.8) is 0 Å². The zero-order chi connectivity index (χ0) is 11.9. The fourth-order valence-corrected chi connectivity index (χ4v) is 1.27. The van der Waals surface area contributed by atoms with Gasteiger partial charge in [0.2, 0.25) is 0 Å². The Morgan fingerprint density at radius 2 is 1.87 bits per heavy atom. The highest BCUT2D eigenvalue weighted by Crippen LogP contribution is 2.17. The minimum absolute atomic E-state index is 0.0924. The van der Waals surface area contributed by atoms with Crippen molar-refractivity contribution in [2.75, 3.05) is 6.61 Å². The normalized spacial score (nSPS) is 13.7. The van der Waals surface area contributed by atoms with E-state index in [0.29, 0.717) is 12.5 Å². The van der Waals surface area contributed by atoms with Gasteiger partial charge in [-0.05, 0) is 33.1 Å². The lowest BCUT2D eigenvalue weighted by Gasteiger charge is -2.17. The first-order chi connectivity index (χ1) is 6.88. The van der Waals surface area contributed by atoms with Crippen LogP contribution in [0.4, 0.5) is 0 Å². The Kier molecular flexibility index (Phi) is 6.62. The van der Waals surface area contributed by atoms with Gasteiger partial charge in [0, 0.05) is 0 Å². The molecule has 0 aromatic rings. The molecule has 0 saturated heterocycles. The average Bonchev–Trinajstić information content (AvgIpc) is 2.13. The van der Waals surface area contributed by atoms with Gasteiger partial charge in [-0.2, -0.15) is 0 Å². The standard InChI is InChI=1S/C13H26O2/c1-6-7-8-11(2)9-10-15-12(14)13(3,4)5/h11H,6-10H2,1-5H3/t11-/m1/s1. The predicted molar refractivity (Wildman–Crippen MR) is 63.7 cm³/mol. The lowest BCUT2D eigenvalue weighted by atomic mass is 9.97. The molecule has 0 amide bonds. The highest BCUT2D eigenvalue weighted by Gasteiger charge is 2.22. The van der Waals surface area contributed by atoms with E-state index in [1.54, 1.807) is 0 Å². The first-order valence-corrected chi connectivity index (χ1v) is 6.05. The van der Waals surface area contributed by atoms with E-state index in [0.717, 1.165) is 6.42 Å². The topological polar surface area (TPSA) is 26.3 Å². The van der Waals surface area contributed by atoms with Crippen molar-refractivity contribution >= 4 is 5.97 Å². The van der Waals surface area contributed by atoms with Crippen LogP contribution in [0.1, 0.15) is 60.3 Å². The summed E-state index contributed by atoms with van der Waals surface area (Å²) in [5.41, 5.74) is -0.368. The van der Waals surface area contributed by atoms with Gasteiger partial charge in [0.05, 0.1) is 12.0 Å². The van der Waals surface area contributed by atoms with Crippen molar-refractivity contribution in [1.29, 1.82) is 0 Å². The smallest absolute Gasteiger partial charge is 0.311 e. The second-order valence-corrected chi connectivity index (χ2v) is 5.42. The van der Waals surface area contributed by atoms with E-state index >= 15 is 0 Å². The summed E-state index contributed by atoms with van der Waals surface area (Å²) in [6.07, 6.45) is 4.74. The third-order valence-corrected chi connectivity index (χ3v) is 2.51. The van der Waals surface area contributed by atoms with Crippen LogP contribution in [0.3, 0.4) is 0 Å². The quantitative estimate of drug-likeness (QED) is 0.629. The number of rotatable bonds is 6. The molecule has 0 aromatic heterocycles. The van der Waals surface area contributed by atoms with Crippen molar-refractivity contribution in [3.8, 4) is 0 Å². The van der Waals surface area contributed by atoms with Gasteiger partial charge in [-0.1, -0.05) is 33.1 Å². The summed E-state index contributed by atoms with van der Waals surface area (Å²) in [7, 11) is 0. The molecule has 0 aliphatic rings. The molecule has 1 atom stereocenters. The number of carbonyl (C=O) groups excluding carboxylic acids is 1. The fraction of sp³-hybridized carbons (Fsp3) is 0.923. The van der Waals surface area contributed by atoms with E-state index < -0.39 is 0 Å². The Morgan fingerprint density at radius 1 is 1.27 bits per heavy atom. The second-order valence-electron chi connectivity index (χ2n) is 5.42. The van der Waals surface area contributed by atoms with Gasteiger partial charge in [0.15, 0.2) is 0 Å². The van der Waals surface area contributed by atoms with Gasteiger partial charge in [0.1, 0.15) is 0 Å². The molecule has 0 heterocycles. The van der Waals surface area contributed by atoms with Crippen molar-refractivity contribution < 1.29 is 9.53 Å². The summed E-state index contributed by atoms with van der Waals surface area (Å²) < 4.78 is 5.22. The van der Waals surface area contributed by atoms with Crippen LogP contribution < -0.4 is 0 Å². The molecule has 0 spiro atoms. The first kappa shape index (κ1) is 14.5. The molecule has 0 saturated carbocycles. The Balaban J connectivity index is 3.57. The van der Waals surface area contributed by atoms with E-state index in [1.165, 1.54) is 19.3 Å². The second kappa shape index (κ2) is 6.86. The van der Waals surface area contributed by atoms with Crippen molar-refractivity contribution in [1.82, 2.24) is 0 Å². The van der Waals surface area contributed by atoms with Crippen molar-refractivity contribution in [3.05, 3.63) is 0 Å². The predicted octanol–water partition coefficient (Wildman–Crippen LogP) is 3.79. The van der Waals surface area contributed by atoms with Crippen LogP contribution in [0.25, 0.3) is 0 Å². The number of esters is 1. The molecule has 90 valence electrons. The molecular weight excluding hydrogens is 188 g/mol. The van der Waals surface area contributed by atoms with Crippen molar-refractivity contribution in [2.45, 2.75) is 60.3 Å². The van der Waals surface area contributed by atoms with Gasteiger partial charge in [-0.15, -0.1) is 0 Å². The molecular formula is C13H26O2. The first-order valence-electron chi connectivity index (χ1n) is 6.05. The van der Waals surface area contributed by atoms with Crippen LogP contribution >= 0.6 is 0 Å². The lowest BCUT2D eigenvalue weighted by Crippen LogP contribution is -2.23. The number of hydrogen-bond acceptors (Lipinski definition) is 2. The summed E-state index contributed by atoms with van der Waals surface area (Å²) in [4.78, 5) is 11.4. The van der Waals surface area contributed by atoms with E-state index in [1.807, 2.05) is 20.8 Å². The maximum absolute atomic E-state index is 11.4. The minimum atomic E-state index is -0.368. The van der Waals surface area contributed by atoms with Crippen LogP contribution in [0.15, 0.2) is 0 Å². The molecule has 15 heavy (non-hydrogen) atoms. The maximum atomic E-state index is 11.4. The lowest BCUT2D eigenvalue weighted by molar-refractivity contribution is -0.153. The number of ether oxygens (including phenoxy) is 1. The molecule has 0 N–H and O–H groups in total. The summed E-state index contributed by atoms with van der Waals surface area (Å²) in [5, 5.41) is 0. The third-order valence-electron chi connectivity index (χ3n) is 2.51. The van der Waals surface area contributed by atoms with Gasteiger partial charge in [-0.3, -0.25) is 4.79 Å². The zero-order valence-electron chi connectivity index (χ0n) is 10.9. The van der Waals surface area contributed by atoms with Gasteiger partial charge in [-0.25, -0.2) is 0 Å². The van der Waals surface area contributed by atoms with Crippen LogP contribution in [-0.4, -0.2) is 12.6 Å². The van der Waals surface area contributed by atoms with E-state index in [4.69, 9.17) is 4.74 Å². The Labute approximate surface area is 94.4 Å². The summed E-state index contributed by atoms with van der Waals surface area (Å²) in [6.45, 7) is 10.6. The Morgan fingerprint density at radius 3 is 2.33 bits per heavy atom. The molecule has 0 aromatic carbocycles. The molecule has 0 fully saturated rings. The SMILES string of the molecule is CCCC[C@@H](C)CCOC(=O)C(C)(C)C. The molecule has 2 nitrogen and oxygen atoms in total. The summed E-state index contributed by atoms with van der Waals surface area (Å²) in [5.74, 6) is 0.572. The van der Waals surface area contributed by atoms with Gasteiger partial charge >= 0.3 is 5.97 Å². The van der Waals surface area contributed by atoms with Crippen LogP contribution in [0.5, 0.6) is 0 Å². The molecule has 0 unspecified atom stereocenters. The van der Waals surface area contributed by atoms with Crippen molar-refractivity contribution in [2.24, 2.45) is 11.3 Å². The molecule has 0 aliphatic carbocycles. The average molecular weight is 214 g/mol. The van der Waals surface area contributed by atoms with Crippen LogP contribution in [-0.2, 0) is 9.53 Å². The zero-order valence-corrected chi connectivity index (χ0v) is 10.9. The molecule has 0 rings (SSSR count). The summed E-state index contributed by atoms with van der Waals surface area (Å²) >= 11 is 0. The third kappa shape index (κ3) is 7.40. The largest absolute Gasteiger partial charge is 0.465 e. The van der Waals surface area contributed by atoms with Gasteiger partial charge in [0.25, 0.3) is 0 Å². The number of carbonyl (C=O) groups is 1. The molecule has 2 heteroatoms. The minimum Gasteiger partial charge on any atom is -0.465 e. The highest BCUT2D eigenvalue weighted by molar-refractivity contribution is 5.75. The highest BCUT2D eigenvalue weighted by atomic mass is 16.5. The van der Waals surface area contributed by atoms with E-state index in [2.05, 4.69) is 13.8 Å². The summed E-state index contributed by atoms with van der Waals surface area (Å²) in [6, 6.07) is 0. The Bertz CT molecular complexity index is 179. The molecule has 0 aliphatic heterocycles. The molecule has 0 bridgehead atoms. The maximum Gasteiger partial charge on any atom is 0.311 e. The van der Waals surface area contributed by atoms with E-state index in [-0.39, 0.29) is 11.4 Å². The Hall–Kier alpha value is -0.530. The number of unbranched alkanes of at least 4 members (excludes halogenated alkanes) is 1. The molecule has 0 radical (unpaired) electrons. The number of hydrogen-bond donors (Lipinski definition) is 0. The van der Waals surface area contributed by atoms with Crippen LogP contribution in [0, 0.1) is 11.3 Å². The van der Waals surface area contributed by atoms with E-state index in [9.17, 15) is 4.79 Å². The van der Waals surface area contributed by atoms with Crippen LogP contribution in [0.2, 0.25) is 0 Å². The van der Waals surface area contributed by atoms with Gasteiger partial charge < -0.3 is 4.74 Å².